The number of carbonyl (C=O) groups excluding carboxylic acids is 3. The summed E-state index contributed by atoms with van der Waals surface area (Å²) in [7, 11) is 0. The fourth-order valence-electron chi connectivity index (χ4n) is 2.04. The molecule has 0 spiro atoms. The Kier molecular flexibility index (Phi) is 7.23. The molecular formula is C19H20N2O4S. The van der Waals surface area contributed by atoms with Crippen molar-refractivity contribution in [1.82, 2.24) is 0 Å². The predicted molar refractivity (Wildman–Crippen MR) is 101 cm³/mol. The molecule has 1 atom stereocenters. The maximum atomic E-state index is 12.1. The molecule has 0 aromatic heterocycles. The molecule has 0 saturated heterocycles. The van der Waals surface area contributed by atoms with E-state index in [9.17, 15) is 14.4 Å². The van der Waals surface area contributed by atoms with E-state index < -0.39 is 23.9 Å². The van der Waals surface area contributed by atoms with Crippen LogP contribution < -0.4 is 11.1 Å². The minimum atomic E-state index is -0.917. The highest BCUT2D eigenvalue weighted by atomic mass is 32.2. The van der Waals surface area contributed by atoms with E-state index in [1.165, 1.54) is 19.1 Å². The van der Waals surface area contributed by atoms with Gasteiger partial charge in [0, 0.05) is 21.9 Å². The number of carbonyl (C=O) groups is 3. The summed E-state index contributed by atoms with van der Waals surface area (Å²) in [6, 6.07) is 15.9. The fraction of sp³-hybridized carbons (Fsp3) is 0.211. The quantitative estimate of drug-likeness (QED) is 0.548. The maximum Gasteiger partial charge on any atom is 0.307 e. The van der Waals surface area contributed by atoms with Gasteiger partial charge in [-0.1, -0.05) is 18.2 Å². The zero-order valence-electron chi connectivity index (χ0n) is 14.3. The van der Waals surface area contributed by atoms with Crippen molar-refractivity contribution in [1.29, 1.82) is 0 Å². The number of anilines is 1. The Morgan fingerprint density at radius 2 is 1.73 bits per heavy atom. The molecule has 0 radical (unpaired) electrons. The molecule has 2 amide bonds. The maximum absolute atomic E-state index is 12.1. The largest absolute Gasteiger partial charge is 0.453 e. The Labute approximate surface area is 156 Å². The van der Waals surface area contributed by atoms with Gasteiger partial charge in [0.15, 0.2) is 6.10 Å². The van der Waals surface area contributed by atoms with Crippen LogP contribution in [0.3, 0.4) is 0 Å². The number of primary amides is 1. The molecule has 0 aliphatic heterocycles. The van der Waals surface area contributed by atoms with Crippen LogP contribution in [0.4, 0.5) is 5.69 Å². The van der Waals surface area contributed by atoms with Crippen molar-refractivity contribution in [2.45, 2.75) is 24.3 Å². The van der Waals surface area contributed by atoms with Crippen LogP contribution in [0.2, 0.25) is 0 Å². The van der Waals surface area contributed by atoms with Gasteiger partial charge in [-0.15, -0.1) is 11.8 Å². The molecule has 3 N–H and O–H groups in total. The van der Waals surface area contributed by atoms with Gasteiger partial charge in [0.25, 0.3) is 5.91 Å². The van der Waals surface area contributed by atoms with Gasteiger partial charge in [-0.2, -0.15) is 0 Å². The van der Waals surface area contributed by atoms with Crippen molar-refractivity contribution in [2.24, 2.45) is 5.73 Å². The van der Waals surface area contributed by atoms with Gasteiger partial charge < -0.3 is 15.8 Å². The van der Waals surface area contributed by atoms with Gasteiger partial charge >= 0.3 is 5.97 Å². The van der Waals surface area contributed by atoms with Crippen LogP contribution in [0.1, 0.15) is 23.7 Å². The van der Waals surface area contributed by atoms with Crippen molar-refractivity contribution in [3.8, 4) is 0 Å². The number of amides is 2. The molecule has 0 bridgehead atoms. The molecule has 0 fully saturated rings. The number of hydrogen-bond donors (Lipinski definition) is 2. The second-order valence-electron chi connectivity index (χ2n) is 5.47. The van der Waals surface area contributed by atoms with Crippen molar-refractivity contribution in [3.63, 3.8) is 0 Å². The van der Waals surface area contributed by atoms with Gasteiger partial charge in [0.05, 0.1) is 6.42 Å². The molecule has 26 heavy (non-hydrogen) atoms. The monoisotopic (exact) mass is 372 g/mol. The molecule has 0 heterocycles. The molecule has 2 aromatic carbocycles. The summed E-state index contributed by atoms with van der Waals surface area (Å²) >= 11 is 1.55. The van der Waals surface area contributed by atoms with Crippen molar-refractivity contribution >= 4 is 35.2 Å². The van der Waals surface area contributed by atoms with E-state index in [1.807, 2.05) is 30.3 Å². The molecule has 6 nitrogen and oxygen atoms in total. The lowest BCUT2D eigenvalue weighted by atomic mass is 10.2. The van der Waals surface area contributed by atoms with Crippen molar-refractivity contribution in [3.05, 3.63) is 60.2 Å². The van der Waals surface area contributed by atoms with Crippen LogP contribution in [0.15, 0.2) is 59.5 Å². The predicted octanol–water partition coefficient (Wildman–Crippen LogP) is 2.84. The SMILES string of the molecule is C[C@H](OC(=O)CCSc1ccccc1)C(=O)Nc1ccc(C(N)=O)cc1. The first-order valence-electron chi connectivity index (χ1n) is 8.04. The van der Waals surface area contributed by atoms with Crippen molar-refractivity contribution < 1.29 is 19.1 Å². The van der Waals surface area contributed by atoms with Crippen LogP contribution in [-0.4, -0.2) is 29.6 Å². The summed E-state index contributed by atoms with van der Waals surface area (Å²) in [6.07, 6.45) is -0.704. The number of hydrogen-bond acceptors (Lipinski definition) is 5. The van der Waals surface area contributed by atoms with Crippen LogP contribution in [0.25, 0.3) is 0 Å². The summed E-state index contributed by atoms with van der Waals surface area (Å²) in [6.45, 7) is 1.51. The Bertz CT molecular complexity index is 763. The van der Waals surface area contributed by atoms with Gasteiger partial charge in [0.1, 0.15) is 0 Å². The Morgan fingerprint density at radius 3 is 2.35 bits per heavy atom. The Hall–Kier alpha value is -2.80. The molecule has 0 aliphatic carbocycles. The minimum Gasteiger partial charge on any atom is -0.453 e. The molecule has 0 aliphatic rings. The number of esters is 1. The topological polar surface area (TPSA) is 98.5 Å². The zero-order valence-corrected chi connectivity index (χ0v) is 15.1. The highest BCUT2D eigenvalue weighted by molar-refractivity contribution is 7.99. The minimum absolute atomic E-state index is 0.213. The van der Waals surface area contributed by atoms with Gasteiger partial charge in [-0.05, 0) is 43.3 Å². The lowest BCUT2D eigenvalue weighted by Gasteiger charge is -2.13. The lowest BCUT2D eigenvalue weighted by Crippen LogP contribution is -2.30. The van der Waals surface area contributed by atoms with Gasteiger partial charge in [0.2, 0.25) is 5.91 Å². The smallest absolute Gasteiger partial charge is 0.307 e. The van der Waals surface area contributed by atoms with E-state index in [1.54, 1.807) is 23.9 Å². The third-order valence-corrected chi connectivity index (χ3v) is 4.45. The fourth-order valence-corrected chi connectivity index (χ4v) is 2.89. The van der Waals surface area contributed by atoms with Crippen LogP contribution in [-0.2, 0) is 14.3 Å². The van der Waals surface area contributed by atoms with E-state index in [-0.39, 0.29) is 6.42 Å². The second kappa shape index (κ2) is 9.62. The van der Waals surface area contributed by atoms with E-state index in [4.69, 9.17) is 10.5 Å². The van der Waals surface area contributed by atoms with Crippen LogP contribution in [0, 0.1) is 0 Å². The number of benzene rings is 2. The first kappa shape index (κ1) is 19.5. The highest BCUT2D eigenvalue weighted by Gasteiger charge is 2.18. The molecule has 7 heteroatoms. The molecule has 2 aromatic rings. The second-order valence-corrected chi connectivity index (χ2v) is 6.64. The number of ether oxygens (including phenoxy) is 1. The molecule has 0 saturated carbocycles. The first-order valence-corrected chi connectivity index (χ1v) is 9.02. The van der Waals surface area contributed by atoms with Crippen molar-refractivity contribution in [2.75, 3.05) is 11.1 Å². The van der Waals surface area contributed by atoms with E-state index in [2.05, 4.69) is 5.32 Å². The summed E-state index contributed by atoms with van der Waals surface area (Å²) < 4.78 is 5.15. The first-order chi connectivity index (χ1) is 12.5. The third kappa shape index (κ3) is 6.25. The molecule has 136 valence electrons. The average Bonchev–Trinajstić information content (AvgIpc) is 2.63. The molecular weight excluding hydrogens is 352 g/mol. The summed E-state index contributed by atoms with van der Waals surface area (Å²) in [4.78, 5) is 36.0. The van der Waals surface area contributed by atoms with Crippen LogP contribution in [0.5, 0.6) is 0 Å². The number of thioether (sulfide) groups is 1. The van der Waals surface area contributed by atoms with Gasteiger partial charge in [-0.25, -0.2) is 0 Å². The summed E-state index contributed by atoms with van der Waals surface area (Å²) in [5.74, 6) is -0.842. The summed E-state index contributed by atoms with van der Waals surface area (Å²) in [5.41, 5.74) is 5.99. The zero-order chi connectivity index (χ0) is 18.9. The average molecular weight is 372 g/mol. The van der Waals surface area contributed by atoms with Gasteiger partial charge in [-0.3, -0.25) is 14.4 Å². The molecule has 0 unspecified atom stereocenters. The highest BCUT2D eigenvalue weighted by Crippen LogP contribution is 2.18. The van der Waals surface area contributed by atoms with E-state index in [0.717, 1.165) is 4.90 Å². The third-order valence-electron chi connectivity index (χ3n) is 3.43. The summed E-state index contributed by atoms with van der Waals surface area (Å²) in [5, 5.41) is 2.62. The number of nitrogens with two attached hydrogens (primary N) is 1. The normalized spacial score (nSPS) is 11.4. The van der Waals surface area contributed by atoms with E-state index >= 15 is 0 Å². The van der Waals surface area contributed by atoms with Crippen LogP contribution >= 0.6 is 11.8 Å². The van der Waals surface area contributed by atoms with E-state index in [0.29, 0.717) is 17.0 Å². The lowest BCUT2D eigenvalue weighted by molar-refractivity contribution is -0.152. The standard InChI is InChI=1S/C19H20N2O4S/c1-13(19(24)21-15-9-7-14(8-10-15)18(20)23)25-17(22)11-12-26-16-5-3-2-4-6-16/h2-10,13H,11-12H2,1H3,(H2,20,23)(H,21,24)/t13-/m0/s1. The number of nitrogens with one attached hydrogen (secondary N) is 1. The number of rotatable bonds is 8. The Balaban J connectivity index is 1.75. The molecule has 2 rings (SSSR count). The Morgan fingerprint density at radius 1 is 1.08 bits per heavy atom.